The molecule has 8 heteroatoms. The smallest absolute Gasteiger partial charge is 0.263 e. The Morgan fingerprint density at radius 2 is 2.05 bits per heavy atom. The number of nitrogens with one attached hydrogen (secondary N) is 1. The van der Waals surface area contributed by atoms with E-state index in [0.29, 0.717) is 5.56 Å². The summed E-state index contributed by atoms with van der Waals surface area (Å²) in [5, 5.41) is 7.25. The zero-order chi connectivity index (χ0) is 13.9. The normalized spacial score (nSPS) is 10.9. The summed E-state index contributed by atoms with van der Waals surface area (Å²) in [6.07, 6.45) is 1.45. The monoisotopic (exact) mass is 294 g/mol. The third-order valence-corrected chi connectivity index (χ3v) is 3.83. The van der Waals surface area contributed by atoms with E-state index in [-0.39, 0.29) is 15.7 Å². The predicted molar refractivity (Wildman–Crippen MR) is 75.2 cm³/mol. The number of hydrogen-bond donors (Lipinski definition) is 2. The van der Waals surface area contributed by atoms with Crippen LogP contribution in [-0.2, 0) is 10.0 Å². The van der Waals surface area contributed by atoms with E-state index < -0.39 is 10.0 Å². The molecule has 0 saturated carbocycles. The van der Waals surface area contributed by atoms with E-state index in [9.17, 15) is 8.42 Å². The Bertz CT molecular complexity index is 702. The van der Waals surface area contributed by atoms with Gasteiger partial charge in [0.2, 0.25) is 0 Å². The van der Waals surface area contributed by atoms with E-state index >= 15 is 0 Å². The summed E-state index contributed by atoms with van der Waals surface area (Å²) < 4.78 is 26.5. The Morgan fingerprint density at radius 1 is 1.26 bits per heavy atom. The minimum atomic E-state index is -3.74. The molecule has 98 valence electrons. The van der Waals surface area contributed by atoms with Crippen LogP contribution in [0.4, 0.5) is 5.82 Å². The van der Waals surface area contributed by atoms with Gasteiger partial charge in [-0.1, -0.05) is 24.4 Å². The lowest BCUT2D eigenvalue weighted by atomic mass is 10.2. The molecule has 0 aliphatic carbocycles. The lowest BCUT2D eigenvalue weighted by Crippen LogP contribution is -2.16. The van der Waals surface area contributed by atoms with Gasteiger partial charge in [0.05, 0.1) is 4.90 Å². The van der Waals surface area contributed by atoms with E-state index in [0.717, 1.165) is 0 Å². The van der Waals surface area contributed by atoms with Crippen LogP contribution >= 0.6 is 12.2 Å². The third kappa shape index (κ3) is 3.24. The molecule has 0 spiro atoms. The number of sulfonamides is 1. The molecule has 2 aromatic rings. The summed E-state index contributed by atoms with van der Waals surface area (Å²) in [5.74, 6) is 0.142. The maximum Gasteiger partial charge on any atom is 0.263 e. The minimum Gasteiger partial charge on any atom is -0.389 e. The molecule has 1 aromatic heterocycles. The number of benzene rings is 1. The summed E-state index contributed by atoms with van der Waals surface area (Å²) in [6, 6.07) is 9.14. The van der Waals surface area contributed by atoms with Crippen molar-refractivity contribution in [3.63, 3.8) is 0 Å². The van der Waals surface area contributed by atoms with Crippen LogP contribution in [0.3, 0.4) is 0 Å². The molecule has 1 aromatic carbocycles. The Kier molecular flexibility index (Phi) is 3.72. The lowest BCUT2D eigenvalue weighted by molar-refractivity contribution is 0.601. The number of anilines is 1. The van der Waals surface area contributed by atoms with Gasteiger partial charge in [-0.2, -0.15) is 5.10 Å². The number of nitrogens with zero attached hydrogens (tertiary/aromatic N) is 2. The van der Waals surface area contributed by atoms with E-state index in [1.807, 2.05) is 0 Å². The molecule has 3 N–H and O–H groups in total. The average Bonchev–Trinajstić information content (AvgIpc) is 2.39. The number of hydrogen-bond acceptors (Lipinski definition) is 5. The highest BCUT2D eigenvalue weighted by molar-refractivity contribution is 7.92. The standard InChI is InChI=1S/C11H10N4O2S2/c12-11(18)8-3-1-4-9(7-8)19(16,17)15-10-5-2-6-13-14-10/h1-7H,(H2,12,18)(H,14,15). The van der Waals surface area contributed by atoms with Crippen molar-refractivity contribution >= 4 is 33.0 Å². The molecule has 2 rings (SSSR count). The Morgan fingerprint density at radius 3 is 2.68 bits per heavy atom. The van der Waals surface area contributed by atoms with Crippen molar-refractivity contribution in [2.24, 2.45) is 5.73 Å². The molecule has 0 amide bonds. The number of rotatable bonds is 4. The summed E-state index contributed by atoms with van der Waals surface area (Å²) in [7, 11) is -3.74. The maximum atomic E-state index is 12.1. The zero-order valence-corrected chi connectivity index (χ0v) is 11.3. The zero-order valence-electron chi connectivity index (χ0n) is 9.65. The van der Waals surface area contributed by atoms with Crippen LogP contribution in [0.25, 0.3) is 0 Å². The van der Waals surface area contributed by atoms with Crippen LogP contribution in [0.15, 0.2) is 47.5 Å². The predicted octanol–water partition coefficient (Wildman–Crippen LogP) is 0.912. The van der Waals surface area contributed by atoms with Crippen LogP contribution < -0.4 is 10.5 Å². The van der Waals surface area contributed by atoms with E-state index in [1.54, 1.807) is 18.2 Å². The second-order valence-electron chi connectivity index (χ2n) is 3.61. The highest BCUT2D eigenvalue weighted by atomic mass is 32.2. The molecular formula is C11H10N4O2S2. The van der Waals surface area contributed by atoms with Gasteiger partial charge in [0.25, 0.3) is 10.0 Å². The first kappa shape index (κ1) is 13.4. The SMILES string of the molecule is NC(=S)c1cccc(S(=O)(=O)Nc2cccnn2)c1. The highest BCUT2D eigenvalue weighted by Gasteiger charge is 2.15. The molecule has 1 heterocycles. The van der Waals surface area contributed by atoms with Crippen molar-refractivity contribution in [3.05, 3.63) is 48.2 Å². The van der Waals surface area contributed by atoms with Crippen molar-refractivity contribution in [1.82, 2.24) is 10.2 Å². The molecular weight excluding hydrogens is 284 g/mol. The van der Waals surface area contributed by atoms with Crippen molar-refractivity contribution < 1.29 is 8.42 Å². The number of nitrogens with two attached hydrogens (primary N) is 1. The first-order valence-electron chi connectivity index (χ1n) is 5.19. The number of aromatic nitrogens is 2. The summed E-state index contributed by atoms with van der Waals surface area (Å²) >= 11 is 4.81. The molecule has 0 unspecified atom stereocenters. The first-order valence-corrected chi connectivity index (χ1v) is 7.08. The fraction of sp³-hybridized carbons (Fsp3) is 0. The van der Waals surface area contributed by atoms with Gasteiger partial charge >= 0.3 is 0 Å². The van der Waals surface area contributed by atoms with Crippen LogP contribution in [0.2, 0.25) is 0 Å². The summed E-state index contributed by atoms with van der Waals surface area (Å²) in [4.78, 5) is 0.194. The Hall–Kier alpha value is -2.06. The quantitative estimate of drug-likeness (QED) is 0.813. The van der Waals surface area contributed by atoms with Crippen LogP contribution in [0.1, 0.15) is 5.56 Å². The molecule has 19 heavy (non-hydrogen) atoms. The average molecular weight is 294 g/mol. The number of thiocarbonyl (C=S) groups is 1. The van der Waals surface area contributed by atoms with Crippen LogP contribution in [-0.4, -0.2) is 23.6 Å². The van der Waals surface area contributed by atoms with Crippen molar-refractivity contribution in [3.8, 4) is 0 Å². The minimum absolute atomic E-state index is 0.0588. The molecule has 0 atom stereocenters. The Balaban J connectivity index is 2.35. The van der Waals surface area contributed by atoms with Crippen molar-refractivity contribution in [2.75, 3.05) is 4.72 Å². The van der Waals surface area contributed by atoms with Crippen LogP contribution in [0, 0.1) is 0 Å². The van der Waals surface area contributed by atoms with Gasteiger partial charge in [0.1, 0.15) is 4.99 Å². The molecule has 0 saturated heterocycles. The van der Waals surface area contributed by atoms with Gasteiger partial charge < -0.3 is 5.73 Å². The second-order valence-corrected chi connectivity index (χ2v) is 5.73. The van der Waals surface area contributed by atoms with Gasteiger partial charge in [0.15, 0.2) is 5.82 Å². The molecule has 6 nitrogen and oxygen atoms in total. The van der Waals surface area contributed by atoms with Gasteiger partial charge in [-0.05, 0) is 24.3 Å². The van der Waals surface area contributed by atoms with Gasteiger partial charge in [0, 0.05) is 11.8 Å². The largest absolute Gasteiger partial charge is 0.389 e. The van der Waals surface area contributed by atoms with Gasteiger partial charge in [-0.3, -0.25) is 4.72 Å². The van der Waals surface area contributed by atoms with Gasteiger partial charge in [-0.25, -0.2) is 8.42 Å². The topological polar surface area (TPSA) is 98.0 Å². The summed E-state index contributed by atoms with van der Waals surface area (Å²) in [6.45, 7) is 0. The third-order valence-electron chi connectivity index (χ3n) is 2.24. The summed E-state index contributed by atoms with van der Waals surface area (Å²) in [5.41, 5.74) is 5.96. The molecule has 0 aliphatic rings. The molecule has 0 bridgehead atoms. The van der Waals surface area contributed by atoms with E-state index in [1.165, 1.54) is 24.4 Å². The fourth-order valence-electron chi connectivity index (χ4n) is 1.37. The van der Waals surface area contributed by atoms with Crippen LogP contribution in [0.5, 0.6) is 0 Å². The molecule has 0 radical (unpaired) electrons. The maximum absolute atomic E-state index is 12.1. The fourth-order valence-corrected chi connectivity index (χ4v) is 2.54. The van der Waals surface area contributed by atoms with Crippen molar-refractivity contribution in [2.45, 2.75) is 4.90 Å². The van der Waals surface area contributed by atoms with Crippen molar-refractivity contribution in [1.29, 1.82) is 0 Å². The second kappa shape index (κ2) is 5.29. The lowest BCUT2D eigenvalue weighted by Gasteiger charge is -2.07. The molecule has 0 fully saturated rings. The van der Waals surface area contributed by atoms with E-state index in [2.05, 4.69) is 14.9 Å². The first-order chi connectivity index (χ1) is 8.99. The van der Waals surface area contributed by atoms with E-state index in [4.69, 9.17) is 18.0 Å². The van der Waals surface area contributed by atoms with Gasteiger partial charge in [-0.15, -0.1) is 5.10 Å². The molecule has 0 aliphatic heterocycles. The highest BCUT2D eigenvalue weighted by Crippen LogP contribution is 2.15. The Labute approximate surface area is 115 Å².